The predicted molar refractivity (Wildman–Crippen MR) is 72.9 cm³/mol. The SMILES string of the molecule is CC(C)[C@H](N)C(=O)Nc1ccc2c(c1)oc(=O)n2C. The van der Waals surface area contributed by atoms with Gasteiger partial charge >= 0.3 is 5.76 Å². The van der Waals surface area contributed by atoms with Gasteiger partial charge in [0.25, 0.3) is 0 Å². The van der Waals surface area contributed by atoms with Gasteiger partial charge in [-0.25, -0.2) is 4.79 Å². The van der Waals surface area contributed by atoms with Gasteiger partial charge in [-0.1, -0.05) is 13.8 Å². The molecule has 0 saturated carbocycles. The van der Waals surface area contributed by atoms with E-state index in [0.717, 1.165) is 0 Å². The Balaban J connectivity index is 2.27. The zero-order valence-electron chi connectivity index (χ0n) is 11.1. The van der Waals surface area contributed by atoms with Gasteiger partial charge in [-0.05, 0) is 18.1 Å². The second kappa shape index (κ2) is 4.89. The molecule has 0 spiro atoms. The summed E-state index contributed by atoms with van der Waals surface area (Å²) in [5.41, 5.74) is 7.43. The molecule has 102 valence electrons. The summed E-state index contributed by atoms with van der Waals surface area (Å²) in [6.45, 7) is 3.76. The number of aromatic nitrogens is 1. The van der Waals surface area contributed by atoms with Crippen molar-refractivity contribution in [1.29, 1.82) is 0 Å². The number of nitrogens with two attached hydrogens (primary N) is 1. The summed E-state index contributed by atoms with van der Waals surface area (Å²) in [4.78, 5) is 23.2. The molecule has 0 aliphatic carbocycles. The van der Waals surface area contributed by atoms with Gasteiger partial charge in [0, 0.05) is 18.8 Å². The molecular weight excluding hydrogens is 246 g/mol. The second-order valence-corrected chi connectivity index (χ2v) is 4.87. The van der Waals surface area contributed by atoms with E-state index in [1.165, 1.54) is 4.57 Å². The Morgan fingerprint density at radius 3 is 2.74 bits per heavy atom. The van der Waals surface area contributed by atoms with Crippen molar-refractivity contribution in [3.05, 3.63) is 28.7 Å². The molecule has 0 bridgehead atoms. The summed E-state index contributed by atoms with van der Waals surface area (Å²) in [5.74, 6) is -0.636. The third kappa shape index (κ3) is 2.53. The molecule has 1 heterocycles. The Labute approximate surface area is 110 Å². The lowest BCUT2D eigenvalue weighted by atomic mass is 10.0. The number of hydrogen-bond acceptors (Lipinski definition) is 4. The van der Waals surface area contributed by atoms with Gasteiger partial charge in [0.05, 0.1) is 11.6 Å². The first kappa shape index (κ1) is 13.4. The number of amides is 1. The number of nitrogens with zero attached hydrogens (tertiary/aromatic N) is 1. The number of anilines is 1. The molecule has 1 aromatic heterocycles. The van der Waals surface area contributed by atoms with Crippen LogP contribution in [0.5, 0.6) is 0 Å². The van der Waals surface area contributed by atoms with Gasteiger partial charge in [0.15, 0.2) is 5.58 Å². The minimum Gasteiger partial charge on any atom is -0.408 e. The van der Waals surface area contributed by atoms with E-state index in [0.29, 0.717) is 16.8 Å². The largest absolute Gasteiger partial charge is 0.419 e. The molecule has 0 saturated heterocycles. The van der Waals surface area contributed by atoms with Crippen molar-refractivity contribution in [2.75, 3.05) is 5.32 Å². The number of hydrogen-bond donors (Lipinski definition) is 2. The van der Waals surface area contributed by atoms with E-state index in [-0.39, 0.29) is 11.8 Å². The summed E-state index contributed by atoms with van der Waals surface area (Å²) in [6, 6.07) is 4.47. The third-order valence-corrected chi connectivity index (χ3v) is 3.08. The van der Waals surface area contributed by atoms with Gasteiger partial charge < -0.3 is 15.5 Å². The van der Waals surface area contributed by atoms with Crippen LogP contribution in [0.2, 0.25) is 0 Å². The monoisotopic (exact) mass is 263 g/mol. The molecule has 0 fully saturated rings. The van der Waals surface area contributed by atoms with Crippen LogP contribution in [0.4, 0.5) is 5.69 Å². The highest BCUT2D eigenvalue weighted by Gasteiger charge is 2.17. The standard InChI is InChI=1S/C13H17N3O3/c1-7(2)11(14)12(17)15-8-4-5-9-10(6-8)19-13(18)16(9)3/h4-7,11H,14H2,1-3H3,(H,15,17)/t11-/m0/s1. The first-order valence-electron chi connectivity index (χ1n) is 6.06. The highest BCUT2D eigenvalue weighted by Crippen LogP contribution is 2.18. The number of nitrogens with one attached hydrogen (secondary N) is 1. The van der Waals surface area contributed by atoms with Crippen molar-refractivity contribution >= 4 is 22.7 Å². The highest BCUT2D eigenvalue weighted by atomic mass is 16.4. The van der Waals surface area contributed by atoms with Crippen molar-refractivity contribution in [2.24, 2.45) is 18.7 Å². The molecule has 0 radical (unpaired) electrons. The topological polar surface area (TPSA) is 90.3 Å². The van der Waals surface area contributed by atoms with Crippen LogP contribution in [-0.4, -0.2) is 16.5 Å². The van der Waals surface area contributed by atoms with Crippen LogP contribution < -0.4 is 16.8 Å². The molecule has 0 aliphatic rings. The first-order valence-corrected chi connectivity index (χ1v) is 6.06. The van der Waals surface area contributed by atoms with Crippen LogP contribution in [0.3, 0.4) is 0 Å². The zero-order valence-corrected chi connectivity index (χ0v) is 11.1. The van der Waals surface area contributed by atoms with Crippen molar-refractivity contribution < 1.29 is 9.21 Å². The lowest BCUT2D eigenvalue weighted by molar-refractivity contribution is -0.118. The molecule has 0 unspecified atom stereocenters. The maximum Gasteiger partial charge on any atom is 0.419 e. The summed E-state index contributed by atoms with van der Waals surface area (Å²) in [7, 11) is 1.63. The Morgan fingerprint density at radius 1 is 1.42 bits per heavy atom. The minimum absolute atomic E-state index is 0.0541. The number of carbonyl (C=O) groups is 1. The van der Waals surface area contributed by atoms with Crippen LogP contribution >= 0.6 is 0 Å². The normalized spacial score (nSPS) is 12.9. The van der Waals surface area contributed by atoms with E-state index in [4.69, 9.17) is 10.2 Å². The maximum atomic E-state index is 11.8. The van der Waals surface area contributed by atoms with Crippen LogP contribution in [0.25, 0.3) is 11.1 Å². The minimum atomic E-state index is -0.571. The van der Waals surface area contributed by atoms with E-state index < -0.39 is 11.8 Å². The van der Waals surface area contributed by atoms with Crippen LogP contribution in [0.1, 0.15) is 13.8 Å². The smallest absolute Gasteiger partial charge is 0.408 e. The van der Waals surface area contributed by atoms with Gasteiger partial charge in [-0.3, -0.25) is 9.36 Å². The van der Waals surface area contributed by atoms with Crippen LogP contribution in [0, 0.1) is 5.92 Å². The number of rotatable bonds is 3. The van der Waals surface area contributed by atoms with Gasteiger partial charge in [0.1, 0.15) is 0 Å². The number of benzene rings is 1. The maximum absolute atomic E-state index is 11.8. The molecule has 19 heavy (non-hydrogen) atoms. The van der Waals surface area contributed by atoms with E-state index in [1.54, 1.807) is 25.2 Å². The molecule has 6 heteroatoms. The van der Waals surface area contributed by atoms with Gasteiger partial charge in [-0.15, -0.1) is 0 Å². The molecule has 1 aromatic carbocycles. The molecule has 0 aliphatic heterocycles. The van der Waals surface area contributed by atoms with Crippen LogP contribution in [0.15, 0.2) is 27.4 Å². The predicted octanol–water partition coefficient (Wildman–Crippen LogP) is 1.05. The Bertz CT molecular complexity index is 669. The molecule has 1 atom stereocenters. The van der Waals surface area contributed by atoms with Crippen molar-refractivity contribution in [2.45, 2.75) is 19.9 Å². The average Bonchev–Trinajstić information content (AvgIpc) is 2.63. The molecule has 1 amide bonds. The van der Waals surface area contributed by atoms with Crippen molar-refractivity contribution in [1.82, 2.24) is 4.57 Å². The molecule has 2 aromatic rings. The van der Waals surface area contributed by atoms with Crippen LogP contribution in [-0.2, 0) is 11.8 Å². The molecule has 2 rings (SSSR count). The van der Waals surface area contributed by atoms with Gasteiger partial charge in [-0.2, -0.15) is 0 Å². The van der Waals surface area contributed by atoms with E-state index in [2.05, 4.69) is 5.32 Å². The van der Waals surface area contributed by atoms with Crippen molar-refractivity contribution in [3.8, 4) is 0 Å². The Morgan fingerprint density at radius 2 is 2.11 bits per heavy atom. The summed E-state index contributed by atoms with van der Waals surface area (Å²) < 4.78 is 6.46. The summed E-state index contributed by atoms with van der Waals surface area (Å²) in [6.07, 6.45) is 0. The zero-order chi connectivity index (χ0) is 14.2. The van der Waals surface area contributed by atoms with Crippen molar-refractivity contribution in [3.63, 3.8) is 0 Å². The summed E-state index contributed by atoms with van der Waals surface area (Å²) in [5, 5.41) is 2.71. The lowest BCUT2D eigenvalue weighted by Crippen LogP contribution is -2.39. The number of carbonyl (C=O) groups excluding carboxylic acids is 1. The van der Waals surface area contributed by atoms with E-state index in [9.17, 15) is 9.59 Å². The lowest BCUT2D eigenvalue weighted by Gasteiger charge is -2.15. The number of fused-ring (bicyclic) bond motifs is 1. The average molecular weight is 263 g/mol. The van der Waals surface area contributed by atoms with Gasteiger partial charge in [0.2, 0.25) is 5.91 Å². The Kier molecular flexibility index (Phi) is 3.44. The second-order valence-electron chi connectivity index (χ2n) is 4.87. The first-order chi connectivity index (χ1) is 8.90. The molecule has 3 N–H and O–H groups in total. The number of aryl methyl sites for hydroxylation is 1. The Hall–Kier alpha value is -2.08. The highest BCUT2D eigenvalue weighted by molar-refractivity contribution is 5.96. The molecule has 6 nitrogen and oxygen atoms in total. The fourth-order valence-corrected chi connectivity index (χ4v) is 1.74. The van der Waals surface area contributed by atoms with E-state index in [1.807, 2.05) is 13.8 Å². The fraction of sp³-hybridized carbons (Fsp3) is 0.385. The molecular formula is C13H17N3O3. The fourth-order valence-electron chi connectivity index (χ4n) is 1.74. The summed E-state index contributed by atoms with van der Waals surface area (Å²) >= 11 is 0. The van der Waals surface area contributed by atoms with E-state index >= 15 is 0 Å². The number of oxazole rings is 1. The quantitative estimate of drug-likeness (QED) is 0.866. The third-order valence-electron chi connectivity index (χ3n) is 3.08.